The minimum absolute atomic E-state index is 0.135. The predicted octanol–water partition coefficient (Wildman–Crippen LogP) is 4.98. The van der Waals surface area contributed by atoms with Crippen molar-refractivity contribution in [2.75, 3.05) is 0 Å². The maximum atomic E-state index is 9.45. The first-order valence-corrected chi connectivity index (χ1v) is 6.71. The number of hydrogen-bond acceptors (Lipinski definition) is 1. The third kappa shape index (κ3) is 2.11. The van der Waals surface area contributed by atoms with Gasteiger partial charge < -0.3 is 5.11 Å². The molecule has 1 aliphatic rings. The molecule has 1 fully saturated rings. The van der Waals surface area contributed by atoms with E-state index in [0.29, 0.717) is 5.02 Å². The zero-order valence-electron chi connectivity index (χ0n) is 10.1. The largest absolute Gasteiger partial charge is 0.506 e. The minimum Gasteiger partial charge on any atom is -0.506 e. The van der Waals surface area contributed by atoms with Crippen LogP contribution in [0, 0.1) is 0 Å². The Kier molecular flexibility index (Phi) is 3.00. The molecule has 0 saturated heterocycles. The van der Waals surface area contributed by atoms with E-state index in [1.54, 1.807) is 6.07 Å². The van der Waals surface area contributed by atoms with Gasteiger partial charge in [0, 0.05) is 0 Å². The van der Waals surface area contributed by atoms with Crippen LogP contribution in [0.25, 0.3) is 11.1 Å². The first-order chi connectivity index (χ1) is 8.74. The highest BCUT2D eigenvalue weighted by molar-refractivity contribution is 6.32. The second-order valence-corrected chi connectivity index (χ2v) is 5.33. The van der Waals surface area contributed by atoms with E-state index in [2.05, 4.69) is 24.3 Å². The molecule has 0 spiro atoms. The summed E-state index contributed by atoms with van der Waals surface area (Å²) in [6, 6.07) is 14.0. The lowest BCUT2D eigenvalue weighted by atomic mass is 9.79. The van der Waals surface area contributed by atoms with Crippen molar-refractivity contribution in [3.05, 3.63) is 53.1 Å². The average Bonchev–Trinajstić information content (AvgIpc) is 2.31. The van der Waals surface area contributed by atoms with Crippen LogP contribution < -0.4 is 0 Å². The summed E-state index contributed by atoms with van der Waals surface area (Å²) >= 11 is 5.95. The molecule has 1 N–H and O–H groups in total. The summed E-state index contributed by atoms with van der Waals surface area (Å²) in [5.41, 5.74) is 3.64. The molecule has 2 aromatic rings. The Hall–Kier alpha value is -1.47. The molecule has 0 bridgehead atoms. The van der Waals surface area contributed by atoms with Crippen molar-refractivity contribution in [1.29, 1.82) is 0 Å². The Morgan fingerprint density at radius 1 is 1.00 bits per heavy atom. The SMILES string of the molecule is Oc1ccc(-c2cccc(C3CCC3)c2)cc1Cl. The molecule has 2 aromatic carbocycles. The standard InChI is InChI=1S/C16H15ClO/c17-15-10-14(7-8-16(15)18)13-6-2-5-12(9-13)11-3-1-4-11/h2,5-11,18H,1,3-4H2. The van der Waals surface area contributed by atoms with Gasteiger partial charge in [0.2, 0.25) is 0 Å². The van der Waals surface area contributed by atoms with Crippen molar-refractivity contribution in [3.63, 3.8) is 0 Å². The lowest BCUT2D eigenvalue weighted by Crippen LogP contribution is -2.08. The van der Waals surface area contributed by atoms with Crippen LogP contribution in [0.2, 0.25) is 5.02 Å². The van der Waals surface area contributed by atoms with Crippen molar-refractivity contribution in [2.45, 2.75) is 25.2 Å². The first-order valence-electron chi connectivity index (χ1n) is 6.33. The fourth-order valence-corrected chi connectivity index (χ4v) is 2.58. The molecule has 0 radical (unpaired) electrons. The fourth-order valence-electron chi connectivity index (χ4n) is 2.40. The molecule has 1 nitrogen and oxygen atoms in total. The summed E-state index contributed by atoms with van der Waals surface area (Å²) in [5.74, 6) is 0.869. The fraction of sp³-hybridized carbons (Fsp3) is 0.250. The maximum absolute atomic E-state index is 9.45. The Morgan fingerprint density at radius 3 is 2.44 bits per heavy atom. The predicted molar refractivity (Wildman–Crippen MR) is 75.1 cm³/mol. The number of phenols is 1. The number of halogens is 1. The van der Waals surface area contributed by atoms with Crippen molar-refractivity contribution < 1.29 is 5.11 Å². The van der Waals surface area contributed by atoms with Crippen LogP contribution in [0.3, 0.4) is 0 Å². The summed E-state index contributed by atoms with van der Waals surface area (Å²) in [7, 11) is 0. The minimum atomic E-state index is 0.135. The van der Waals surface area contributed by atoms with E-state index in [-0.39, 0.29) is 5.75 Å². The maximum Gasteiger partial charge on any atom is 0.134 e. The van der Waals surface area contributed by atoms with Gasteiger partial charge in [-0.05, 0) is 47.6 Å². The van der Waals surface area contributed by atoms with Gasteiger partial charge in [-0.1, -0.05) is 48.4 Å². The van der Waals surface area contributed by atoms with E-state index in [1.165, 1.54) is 30.4 Å². The number of phenolic OH excluding ortho intramolecular Hbond substituents is 1. The van der Waals surface area contributed by atoms with Crippen LogP contribution in [0.5, 0.6) is 5.75 Å². The van der Waals surface area contributed by atoms with Crippen molar-refractivity contribution in [1.82, 2.24) is 0 Å². The van der Waals surface area contributed by atoms with E-state index < -0.39 is 0 Å². The first kappa shape index (κ1) is 11.6. The molecular formula is C16H15ClO. The third-order valence-corrected chi connectivity index (χ3v) is 4.05. The zero-order chi connectivity index (χ0) is 12.5. The topological polar surface area (TPSA) is 20.2 Å². The quantitative estimate of drug-likeness (QED) is 0.805. The molecule has 0 heterocycles. The van der Waals surface area contributed by atoms with Crippen LogP contribution in [0.4, 0.5) is 0 Å². The van der Waals surface area contributed by atoms with Crippen LogP contribution in [0.1, 0.15) is 30.7 Å². The lowest BCUT2D eigenvalue weighted by Gasteiger charge is -2.26. The Morgan fingerprint density at radius 2 is 1.78 bits per heavy atom. The number of aromatic hydroxyl groups is 1. The van der Waals surface area contributed by atoms with Crippen molar-refractivity contribution in [3.8, 4) is 16.9 Å². The second-order valence-electron chi connectivity index (χ2n) is 4.92. The number of rotatable bonds is 2. The van der Waals surface area contributed by atoms with E-state index in [1.807, 2.05) is 12.1 Å². The van der Waals surface area contributed by atoms with Crippen LogP contribution in [0.15, 0.2) is 42.5 Å². The zero-order valence-corrected chi connectivity index (χ0v) is 10.8. The highest BCUT2D eigenvalue weighted by atomic mass is 35.5. The second kappa shape index (κ2) is 4.66. The highest BCUT2D eigenvalue weighted by Crippen LogP contribution is 2.38. The smallest absolute Gasteiger partial charge is 0.134 e. The van der Waals surface area contributed by atoms with Crippen molar-refractivity contribution >= 4 is 11.6 Å². The normalized spacial score (nSPS) is 15.4. The molecule has 1 aliphatic carbocycles. The number of benzene rings is 2. The molecule has 0 aliphatic heterocycles. The van der Waals surface area contributed by atoms with E-state index in [4.69, 9.17) is 11.6 Å². The van der Waals surface area contributed by atoms with E-state index >= 15 is 0 Å². The van der Waals surface area contributed by atoms with Gasteiger partial charge in [0.25, 0.3) is 0 Å². The molecule has 1 saturated carbocycles. The van der Waals surface area contributed by atoms with Gasteiger partial charge in [-0.15, -0.1) is 0 Å². The molecule has 0 unspecified atom stereocenters. The molecule has 2 heteroatoms. The third-order valence-electron chi connectivity index (χ3n) is 3.74. The van der Waals surface area contributed by atoms with Gasteiger partial charge in [-0.2, -0.15) is 0 Å². The van der Waals surface area contributed by atoms with E-state index in [0.717, 1.165) is 11.5 Å². The van der Waals surface area contributed by atoms with Gasteiger partial charge in [0.1, 0.15) is 5.75 Å². The molecule has 0 amide bonds. The molecular weight excluding hydrogens is 244 g/mol. The van der Waals surface area contributed by atoms with Gasteiger partial charge in [-0.25, -0.2) is 0 Å². The van der Waals surface area contributed by atoms with Crippen molar-refractivity contribution in [2.24, 2.45) is 0 Å². The Bertz CT molecular complexity index is 573. The summed E-state index contributed by atoms with van der Waals surface area (Å²) in [6.07, 6.45) is 3.96. The Balaban J connectivity index is 1.97. The lowest BCUT2D eigenvalue weighted by molar-refractivity contribution is 0.420. The van der Waals surface area contributed by atoms with Crippen LogP contribution in [-0.4, -0.2) is 5.11 Å². The molecule has 92 valence electrons. The molecule has 0 aromatic heterocycles. The van der Waals surface area contributed by atoms with Gasteiger partial charge in [0.05, 0.1) is 5.02 Å². The van der Waals surface area contributed by atoms with Gasteiger partial charge >= 0.3 is 0 Å². The molecule has 0 atom stereocenters. The van der Waals surface area contributed by atoms with E-state index in [9.17, 15) is 5.11 Å². The Labute approximate surface area is 112 Å². The van der Waals surface area contributed by atoms with Gasteiger partial charge in [0.15, 0.2) is 0 Å². The molecule has 18 heavy (non-hydrogen) atoms. The summed E-state index contributed by atoms with van der Waals surface area (Å²) < 4.78 is 0. The highest BCUT2D eigenvalue weighted by Gasteiger charge is 2.19. The monoisotopic (exact) mass is 258 g/mol. The van der Waals surface area contributed by atoms with Crippen LogP contribution >= 0.6 is 11.6 Å². The molecule has 3 rings (SSSR count). The van der Waals surface area contributed by atoms with Crippen LogP contribution in [-0.2, 0) is 0 Å². The summed E-state index contributed by atoms with van der Waals surface area (Å²) in [5, 5.41) is 9.85. The average molecular weight is 259 g/mol. The number of hydrogen-bond donors (Lipinski definition) is 1. The summed E-state index contributed by atoms with van der Waals surface area (Å²) in [4.78, 5) is 0. The van der Waals surface area contributed by atoms with Gasteiger partial charge in [-0.3, -0.25) is 0 Å². The summed E-state index contributed by atoms with van der Waals surface area (Å²) in [6.45, 7) is 0.